The molecular formula is C23H29N3O. The first-order valence-electron chi connectivity index (χ1n) is 9.83. The predicted molar refractivity (Wildman–Crippen MR) is 109 cm³/mol. The predicted octanol–water partition coefficient (Wildman–Crippen LogP) is 3.90. The van der Waals surface area contributed by atoms with Crippen molar-refractivity contribution in [2.75, 3.05) is 11.9 Å². The van der Waals surface area contributed by atoms with E-state index in [2.05, 4.69) is 73.9 Å². The molecule has 27 heavy (non-hydrogen) atoms. The second kappa shape index (κ2) is 6.68. The number of rotatable bonds is 2. The van der Waals surface area contributed by atoms with Gasteiger partial charge in [0.15, 0.2) is 0 Å². The lowest BCUT2D eigenvalue weighted by Gasteiger charge is -2.46. The van der Waals surface area contributed by atoms with Gasteiger partial charge < -0.3 is 16.4 Å². The van der Waals surface area contributed by atoms with Gasteiger partial charge in [-0.3, -0.25) is 4.79 Å². The molecule has 0 bridgehead atoms. The first-order chi connectivity index (χ1) is 12.8. The number of primary amides is 1. The van der Waals surface area contributed by atoms with Crippen LogP contribution in [0.4, 0.5) is 5.69 Å². The van der Waals surface area contributed by atoms with Gasteiger partial charge in [-0.2, -0.15) is 0 Å². The second-order valence-corrected chi connectivity index (χ2v) is 8.97. The number of nitrogens with one attached hydrogen (secondary N) is 2. The highest BCUT2D eigenvalue weighted by atomic mass is 16.1. The van der Waals surface area contributed by atoms with E-state index >= 15 is 0 Å². The summed E-state index contributed by atoms with van der Waals surface area (Å²) in [5.41, 5.74) is 10.8. The standard InChI is InChI=1S/C23H29N3O/c1-23(2,3)16-9-10-19-17(12-16)21-18(11-15(13-25-21)22(24)27)20(26-19)14-7-5-4-6-8-14/h4-10,12,15,18,20-21,25-26H,11,13H2,1-3H3,(H2,24,27). The molecule has 0 spiro atoms. The van der Waals surface area contributed by atoms with E-state index in [4.69, 9.17) is 5.73 Å². The van der Waals surface area contributed by atoms with Crippen LogP contribution >= 0.6 is 0 Å². The van der Waals surface area contributed by atoms with Gasteiger partial charge in [-0.05, 0) is 34.6 Å². The Hall–Kier alpha value is -2.33. The Morgan fingerprint density at radius 1 is 1.07 bits per heavy atom. The smallest absolute Gasteiger partial charge is 0.221 e. The van der Waals surface area contributed by atoms with Crippen LogP contribution in [-0.2, 0) is 10.2 Å². The van der Waals surface area contributed by atoms with Crippen LogP contribution in [0.25, 0.3) is 0 Å². The third-order valence-corrected chi connectivity index (χ3v) is 6.12. The summed E-state index contributed by atoms with van der Waals surface area (Å²) in [6, 6.07) is 17.7. The largest absolute Gasteiger partial charge is 0.378 e. The van der Waals surface area contributed by atoms with Gasteiger partial charge in [0.05, 0.1) is 12.0 Å². The Morgan fingerprint density at radius 2 is 1.81 bits per heavy atom. The van der Waals surface area contributed by atoms with Gasteiger partial charge in [0, 0.05) is 24.2 Å². The summed E-state index contributed by atoms with van der Waals surface area (Å²) in [5.74, 6) is -0.0463. The van der Waals surface area contributed by atoms with Crippen LogP contribution in [0.15, 0.2) is 48.5 Å². The number of carbonyl (C=O) groups is 1. The normalized spacial score (nSPS) is 27.2. The first kappa shape index (κ1) is 18.1. The van der Waals surface area contributed by atoms with Crippen LogP contribution < -0.4 is 16.4 Å². The number of nitrogens with two attached hydrogens (primary N) is 1. The number of carbonyl (C=O) groups excluding carboxylic acids is 1. The highest BCUT2D eigenvalue weighted by Gasteiger charge is 2.42. The molecule has 142 valence electrons. The van der Waals surface area contributed by atoms with Crippen LogP contribution in [0.3, 0.4) is 0 Å². The Balaban J connectivity index is 1.77. The summed E-state index contributed by atoms with van der Waals surface area (Å²) in [7, 11) is 0. The number of hydrogen-bond donors (Lipinski definition) is 3. The zero-order valence-corrected chi connectivity index (χ0v) is 16.3. The summed E-state index contributed by atoms with van der Waals surface area (Å²) < 4.78 is 0. The van der Waals surface area contributed by atoms with E-state index in [9.17, 15) is 4.79 Å². The van der Waals surface area contributed by atoms with Gasteiger partial charge in [-0.15, -0.1) is 0 Å². The first-order valence-corrected chi connectivity index (χ1v) is 9.83. The van der Waals surface area contributed by atoms with Crippen molar-refractivity contribution < 1.29 is 4.79 Å². The van der Waals surface area contributed by atoms with Gasteiger partial charge in [0.1, 0.15) is 0 Å². The number of anilines is 1. The van der Waals surface area contributed by atoms with Crippen molar-refractivity contribution >= 4 is 11.6 Å². The topological polar surface area (TPSA) is 67.1 Å². The summed E-state index contributed by atoms with van der Waals surface area (Å²) in [6.45, 7) is 7.38. The monoisotopic (exact) mass is 363 g/mol. The van der Waals surface area contributed by atoms with Crippen molar-refractivity contribution in [3.8, 4) is 0 Å². The fourth-order valence-corrected chi connectivity index (χ4v) is 4.54. The van der Waals surface area contributed by atoms with E-state index in [1.165, 1.54) is 22.4 Å². The molecule has 1 saturated heterocycles. The molecular weight excluding hydrogens is 334 g/mol. The molecule has 4 nitrogen and oxygen atoms in total. The maximum absolute atomic E-state index is 11.9. The van der Waals surface area contributed by atoms with E-state index in [1.54, 1.807) is 0 Å². The lowest BCUT2D eigenvalue weighted by Crippen LogP contribution is -2.49. The van der Waals surface area contributed by atoms with Gasteiger partial charge in [-0.1, -0.05) is 63.2 Å². The molecule has 4 atom stereocenters. The number of amides is 1. The fraction of sp³-hybridized carbons (Fsp3) is 0.435. The summed E-state index contributed by atoms with van der Waals surface area (Å²) in [6.07, 6.45) is 0.804. The molecule has 1 amide bonds. The van der Waals surface area contributed by atoms with Crippen LogP contribution in [0.1, 0.15) is 56.0 Å². The lowest BCUT2D eigenvalue weighted by molar-refractivity contribution is -0.123. The lowest BCUT2D eigenvalue weighted by atomic mass is 9.71. The molecule has 4 rings (SSSR count). The van der Waals surface area contributed by atoms with Crippen molar-refractivity contribution in [3.63, 3.8) is 0 Å². The molecule has 0 saturated carbocycles. The molecule has 2 aliphatic heterocycles. The summed E-state index contributed by atoms with van der Waals surface area (Å²) in [4.78, 5) is 11.9. The van der Waals surface area contributed by atoms with Crippen LogP contribution in [-0.4, -0.2) is 12.5 Å². The molecule has 2 aromatic carbocycles. The molecule has 4 N–H and O–H groups in total. The van der Waals surface area contributed by atoms with Crippen molar-refractivity contribution in [1.29, 1.82) is 0 Å². The number of hydrogen-bond acceptors (Lipinski definition) is 3. The Labute approximate surface area is 161 Å². The third kappa shape index (κ3) is 3.34. The van der Waals surface area contributed by atoms with E-state index < -0.39 is 0 Å². The van der Waals surface area contributed by atoms with Crippen molar-refractivity contribution in [2.45, 2.75) is 44.7 Å². The fourth-order valence-electron chi connectivity index (χ4n) is 4.54. The quantitative estimate of drug-likeness (QED) is 0.758. The van der Waals surface area contributed by atoms with Crippen molar-refractivity contribution in [3.05, 3.63) is 65.2 Å². The average molecular weight is 364 g/mol. The molecule has 2 heterocycles. The third-order valence-electron chi connectivity index (χ3n) is 6.12. The number of benzene rings is 2. The molecule has 2 aromatic rings. The van der Waals surface area contributed by atoms with Crippen LogP contribution in [0, 0.1) is 11.8 Å². The van der Waals surface area contributed by atoms with E-state index in [1.807, 2.05) is 6.07 Å². The van der Waals surface area contributed by atoms with Crippen LogP contribution in [0.5, 0.6) is 0 Å². The second-order valence-electron chi connectivity index (χ2n) is 8.97. The number of piperidine rings is 1. The molecule has 4 heteroatoms. The maximum atomic E-state index is 11.9. The Kier molecular flexibility index (Phi) is 4.47. The Morgan fingerprint density at radius 3 is 2.48 bits per heavy atom. The summed E-state index contributed by atoms with van der Waals surface area (Å²) >= 11 is 0. The van der Waals surface area contributed by atoms with Gasteiger partial charge in [0.25, 0.3) is 0 Å². The Bertz CT molecular complexity index is 840. The average Bonchev–Trinajstić information content (AvgIpc) is 2.66. The van der Waals surface area contributed by atoms with Gasteiger partial charge in [0.2, 0.25) is 5.91 Å². The van der Waals surface area contributed by atoms with Gasteiger partial charge >= 0.3 is 0 Å². The van der Waals surface area contributed by atoms with Gasteiger partial charge in [-0.25, -0.2) is 0 Å². The minimum atomic E-state index is -0.206. The highest BCUT2D eigenvalue weighted by Crippen LogP contribution is 2.48. The molecule has 0 aliphatic carbocycles. The molecule has 4 unspecified atom stereocenters. The maximum Gasteiger partial charge on any atom is 0.221 e. The minimum Gasteiger partial charge on any atom is -0.378 e. The molecule has 0 radical (unpaired) electrons. The SMILES string of the molecule is CC(C)(C)c1ccc2c(c1)C1NCC(C(N)=O)CC1C(c1ccccc1)N2. The van der Waals surface area contributed by atoms with E-state index in [-0.39, 0.29) is 35.2 Å². The molecule has 1 fully saturated rings. The summed E-state index contributed by atoms with van der Waals surface area (Å²) in [5, 5.41) is 7.40. The molecule has 2 aliphatic rings. The number of fused-ring (bicyclic) bond motifs is 3. The zero-order valence-electron chi connectivity index (χ0n) is 16.3. The van der Waals surface area contributed by atoms with Crippen LogP contribution in [0.2, 0.25) is 0 Å². The molecule has 0 aromatic heterocycles. The zero-order chi connectivity index (χ0) is 19.2. The minimum absolute atomic E-state index is 0.102. The van der Waals surface area contributed by atoms with Crippen molar-refractivity contribution in [2.24, 2.45) is 17.6 Å². The highest BCUT2D eigenvalue weighted by molar-refractivity contribution is 5.77. The van der Waals surface area contributed by atoms with E-state index in [0.717, 1.165) is 6.42 Å². The van der Waals surface area contributed by atoms with E-state index in [0.29, 0.717) is 6.54 Å². The van der Waals surface area contributed by atoms with Crippen molar-refractivity contribution in [1.82, 2.24) is 5.32 Å².